The number of anilines is 3. The lowest BCUT2D eigenvalue weighted by molar-refractivity contribution is 0.0903. The predicted octanol–water partition coefficient (Wildman–Crippen LogP) is 3.51. The molecule has 4 heterocycles. The Kier molecular flexibility index (Phi) is 3.90. The number of nitrogens with zero attached hydrogens (tertiary/aromatic N) is 4. The molecule has 1 aliphatic rings. The average Bonchev–Trinajstić information content (AvgIpc) is 3.26. The van der Waals surface area contributed by atoms with Gasteiger partial charge in [-0.3, -0.25) is 0 Å². The summed E-state index contributed by atoms with van der Waals surface area (Å²) in [6, 6.07) is 12.2. The van der Waals surface area contributed by atoms with E-state index in [1.165, 1.54) is 0 Å². The summed E-state index contributed by atoms with van der Waals surface area (Å²) in [5, 5.41) is 16.4. The zero-order valence-corrected chi connectivity index (χ0v) is 15.0. The van der Waals surface area contributed by atoms with Gasteiger partial charge in [0.05, 0.1) is 5.69 Å². The Hall–Kier alpha value is -3.13. The van der Waals surface area contributed by atoms with Gasteiger partial charge in [0.25, 0.3) is 0 Å². The number of aryl methyl sites for hydroxylation is 1. The molecule has 0 spiro atoms. The van der Waals surface area contributed by atoms with E-state index in [-0.39, 0.29) is 0 Å². The molecular weight excluding hydrogens is 344 g/mol. The van der Waals surface area contributed by atoms with Crippen LogP contribution in [0.3, 0.4) is 0 Å². The highest BCUT2D eigenvalue weighted by atomic mass is 16.5. The SMILES string of the molecule is Cc1noc2cc(Nc3nc4cccc(NC5CCOCC5)n4n3)ccc12. The zero-order chi connectivity index (χ0) is 18.2. The first-order chi connectivity index (χ1) is 13.3. The monoisotopic (exact) mass is 364 g/mol. The summed E-state index contributed by atoms with van der Waals surface area (Å²) < 4.78 is 12.6. The van der Waals surface area contributed by atoms with Crippen LogP contribution < -0.4 is 10.6 Å². The van der Waals surface area contributed by atoms with E-state index in [0.717, 1.165) is 59.9 Å². The Morgan fingerprint density at radius 3 is 2.93 bits per heavy atom. The molecule has 0 atom stereocenters. The molecule has 0 radical (unpaired) electrons. The molecule has 0 amide bonds. The highest BCUT2D eigenvalue weighted by molar-refractivity contribution is 5.83. The lowest BCUT2D eigenvalue weighted by Gasteiger charge is -2.24. The number of benzene rings is 1. The molecule has 0 bridgehead atoms. The fourth-order valence-corrected chi connectivity index (χ4v) is 3.39. The number of ether oxygens (including phenoxy) is 1. The molecule has 4 aromatic rings. The highest BCUT2D eigenvalue weighted by Gasteiger charge is 2.16. The molecule has 5 rings (SSSR count). The van der Waals surface area contributed by atoms with Crippen molar-refractivity contribution in [3.05, 3.63) is 42.1 Å². The quantitative estimate of drug-likeness (QED) is 0.573. The van der Waals surface area contributed by atoms with E-state index >= 15 is 0 Å². The summed E-state index contributed by atoms with van der Waals surface area (Å²) in [6.45, 7) is 3.51. The summed E-state index contributed by atoms with van der Waals surface area (Å²) in [4.78, 5) is 4.58. The van der Waals surface area contributed by atoms with E-state index < -0.39 is 0 Å². The van der Waals surface area contributed by atoms with Crippen LogP contribution in [0.1, 0.15) is 18.5 Å². The van der Waals surface area contributed by atoms with Crippen molar-refractivity contribution in [3.8, 4) is 0 Å². The van der Waals surface area contributed by atoms with Crippen LogP contribution in [-0.2, 0) is 4.74 Å². The van der Waals surface area contributed by atoms with Crippen LogP contribution >= 0.6 is 0 Å². The molecule has 138 valence electrons. The average molecular weight is 364 g/mol. The maximum absolute atomic E-state index is 5.43. The van der Waals surface area contributed by atoms with Crippen molar-refractivity contribution in [1.82, 2.24) is 19.8 Å². The number of pyridine rings is 1. The second-order valence-corrected chi connectivity index (χ2v) is 6.75. The van der Waals surface area contributed by atoms with Gasteiger partial charge in [0.15, 0.2) is 11.2 Å². The van der Waals surface area contributed by atoms with Crippen LogP contribution in [0.25, 0.3) is 16.6 Å². The zero-order valence-electron chi connectivity index (χ0n) is 15.0. The molecule has 8 heteroatoms. The minimum atomic E-state index is 0.391. The Balaban J connectivity index is 1.42. The maximum Gasteiger partial charge on any atom is 0.247 e. The van der Waals surface area contributed by atoms with Gasteiger partial charge in [0, 0.05) is 36.4 Å². The minimum Gasteiger partial charge on any atom is -0.381 e. The topological polar surface area (TPSA) is 89.5 Å². The van der Waals surface area contributed by atoms with Crippen molar-refractivity contribution in [3.63, 3.8) is 0 Å². The van der Waals surface area contributed by atoms with Gasteiger partial charge in [0.2, 0.25) is 5.95 Å². The molecule has 0 saturated carbocycles. The lowest BCUT2D eigenvalue weighted by atomic mass is 10.1. The van der Waals surface area contributed by atoms with Crippen molar-refractivity contribution in [2.75, 3.05) is 23.8 Å². The molecule has 1 aliphatic heterocycles. The first kappa shape index (κ1) is 16.1. The number of hydrogen-bond acceptors (Lipinski definition) is 7. The molecule has 0 unspecified atom stereocenters. The van der Waals surface area contributed by atoms with E-state index in [4.69, 9.17) is 9.26 Å². The number of rotatable bonds is 4. The van der Waals surface area contributed by atoms with Gasteiger partial charge in [-0.2, -0.15) is 9.50 Å². The summed E-state index contributed by atoms with van der Waals surface area (Å²) in [5.74, 6) is 1.47. The Labute approximate surface area is 155 Å². The molecular formula is C19H20N6O2. The Morgan fingerprint density at radius 1 is 1.15 bits per heavy atom. The van der Waals surface area contributed by atoms with E-state index in [1.54, 1.807) is 0 Å². The van der Waals surface area contributed by atoms with Gasteiger partial charge >= 0.3 is 0 Å². The van der Waals surface area contributed by atoms with Crippen LogP contribution in [0, 0.1) is 6.92 Å². The van der Waals surface area contributed by atoms with Crippen molar-refractivity contribution < 1.29 is 9.26 Å². The molecule has 0 aliphatic carbocycles. The first-order valence-electron chi connectivity index (χ1n) is 9.09. The van der Waals surface area contributed by atoms with E-state index in [9.17, 15) is 0 Å². The van der Waals surface area contributed by atoms with Crippen LogP contribution in [0.2, 0.25) is 0 Å². The number of hydrogen-bond donors (Lipinski definition) is 2. The number of fused-ring (bicyclic) bond motifs is 2. The third kappa shape index (κ3) is 3.08. The highest BCUT2D eigenvalue weighted by Crippen LogP contribution is 2.24. The van der Waals surface area contributed by atoms with Crippen molar-refractivity contribution in [2.24, 2.45) is 0 Å². The molecule has 2 N–H and O–H groups in total. The molecule has 1 saturated heterocycles. The molecule has 27 heavy (non-hydrogen) atoms. The van der Waals surface area contributed by atoms with E-state index in [1.807, 2.05) is 47.8 Å². The smallest absolute Gasteiger partial charge is 0.247 e. The largest absolute Gasteiger partial charge is 0.381 e. The summed E-state index contributed by atoms with van der Waals surface area (Å²) in [7, 11) is 0. The van der Waals surface area contributed by atoms with Gasteiger partial charge in [-0.15, -0.1) is 5.10 Å². The predicted molar refractivity (Wildman–Crippen MR) is 102 cm³/mol. The maximum atomic E-state index is 5.43. The summed E-state index contributed by atoms with van der Waals surface area (Å²) >= 11 is 0. The van der Waals surface area contributed by atoms with Crippen molar-refractivity contribution >= 4 is 34.1 Å². The lowest BCUT2D eigenvalue weighted by Crippen LogP contribution is -2.28. The van der Waals surface area contributed by atoms with Crippen molar-refractivity contribution in [1.29, 1.82) is 0 Å². The summed E-state index contributed by atoms with van der Waals surface area (Å²) in [5.41, 5.74) is 3.26. The minimum absolute atomic E-state index is 0.391. The fourth-order valence-electron chi connectivity index (χ4n) is 3.39. The molecule has 1 aromatic carbocycles. The van der Waals surface area contributed by atoms with E-state index in [0.29, 0.717) is 12.0 Å². The molecule has 1 fully saturated rings. The number of nitrogens with one attached hydrogen (secondary N) is 2. The third-order valence-electron chi connectivity index (χ3n) is 4.84. The van der Waals surface area contributed by atoms with Gasteiger partial charge in [0.1, 0.15) is 5.82 Å². The summed E-state index contributed by atoms with van der Waals surface area (Å²) in [6.07, 6.45) is 1.99. The third-order valence-corrected chi connectivity index (χ3v) is 4.84. The standard InChI is InChI=1S/C19H20N6O2/c1-12-15-6-5-14(11-16(15)27-24-12)21-19-22-18-4-2-3-17(25(18)23-19)20-13-7-9-26-10-8-13/h2-6,11,13,20H,7-10H2,1H3,(H,21,23). The van der Waals surface area contributed by atoms with Crippen molar-refractivity contribution in [2.45, 2.75) is 25.8 Å². The Morgan fingerprint density at radius 2 is 2.04 bits per heavy atom. The number of aromatic nitrogens is 4. The second kappa shape index (κ2) is 6.55. The van der Waals surface area contributed by atoms with Gasteiger partial charge < -0.3 is 19.9 Å². The van der Waals surface area contributed by atoms with Crippen LogP contribution in [0.5, 0.6) is 0 Å². The normalized spacial score (nSPS) is 15.4. The van der Waals surface area contributed by atoms with E-state index in [2.05, 4.69) is 25.9 Å². The molecule has 3 aromatic heterocycles. The molecule has 8 nitrogen and oxygen atoms in total. The fraction of sp³-hybridized carbons (Fsp3) is 0.316. The van der Waals surface area contributed by atoms with Crippen LogP contribution in [0.15, 0.2) is 40.9 Å². The first-order valence-corrected chi connectivity index (χ1v) is 9.09. The van der Waals surface area contributed by atoms with Crippen LogP contribution in [0.4, 0.5) is 17.5 Å². The van der Waals surface area contributed by atoms with Gasteiger partial charge in [-0.1, -0.05) is 11.2 Å². The Bertz CT molecular complexity index is 1100. The van der Waals surface area contributed by atoms with Gasteiger partial charge in [-0.05, 0) is 44.0 Å². The van der Waals surface area contributed by atoms with Gasteiger partial charge in [-0.25, -0.2) is 0 Å². The van der Waals surface area contributed by atoms with Crippen LogP contribution in [-0.4, -0.2) is 39.0 Å². The second-order valence-electron chi connectivity index (χ2n) is 6.75.